The van der Waals surface area contributed by atoms with Gasteiger partial charge < -0.3 is 14.2 Å². The van der Waals surface area contributed by atoms with Crippen molar-refractivity contribution in [3.05, 3.63) is 78.4 Å². The number of benzene rings is 3. The highest BCUT2D eigenvalue weighted by molar-refractivity contribution is 7.92. The highest BCUT2D eigenvalue weighted by Crippen LogP contribution is 2.31. The van der Waals surface area contributed by atoms with Gasteiger partial charge in [0.05, 0.1) is 29.9 Å². The summed E-state index contributed by atoms with van der Waals surface area (Å²) in [4.78, 5) is 12.1. The number of carbonyl (C=O) groups excluding carboxylic acids is 1. The molecule has 8 heteroatoms. The predicted octanol–water partition coefficient (Wildman–Crippen LogP) is 4.47. The average Bonchev–Trinajstić information content (AvgIpc) is 2.75. The summed E-state index contributed by atoms with van der Waals surface area (Å²) in [6.45, 7) is 1.87. The van der Waals surface area contributed by atoms with Crippen LogP contribution in [0.4, 0.5) is 5.69 Å². The summed E-state index contributed by atoms with van der Waals surface area (Å²) in [6.07, 6.45) is 0. The summed E-state index contributed by atoms with van der Waals surface area (Å²) in [7, 11) is -2.39. The minimum atomic E-state index is -3.92. The minimum Gasteiger partial charge on any atom is -0.493 e. The summed E-state index contributed by atoms with van der Waals surface area (Å²) < 4.78 is 44.0. The van der Waals surface area contributed by atoms with Gasteiger partial charge in [-0.3, -0.25) is 4.72 Å². The van der Waals surface area contributed by atoms with Gasteiger partial charge in [0.15, 0.2) is 11.5 Å². The van der Waals surface area contributed by atoms with E-state index in [-0.39, 0.29) is 22.8 Å². The predicted molar refractivity (Wildman–Crippen MR) is 113 cm³/mol. The van der Waals surface area contributed by atoms with Gasteiger partial charge in [0, 0.05) is 0 Å². The number of para-hydroxylation sites is 3. The van der Waals surface area contributed by atoms with Crippen LogP contribution in [0.15, 0.2) is 77.7 Å². The maximum absolute atomic E-state index is 12.8. The molecule has 156 valence electrons. The number of ether oxygens (including phenoxy) is 3. The number of sulfonamides is 1. The Morgan fingerprint density at radius 3 is 2.20 bits per heavy atom. The molecule has 0 amide bonds. The molecule has 30 heavy (non-hydrogen) atoms. The lowest BCUT2D eigenvalue weighted by Crippen LogP contribution is -2.16. The van der Waals surface area contributed by atoms with Crippen LogP contribution in [-0.4, -0.2) is 28.1 Å². The summed E-state index contributed by atoms with van der Waals surface area (Å²) in [5.41, 5.74) is 0.282. The first-order valence-corrected chi connectivity index (χ1v) is 10.6. The Bertz CT molecular complexity index is 1130. The van der Waals surface area contributed by atoms with E-state index < -0.39 is 16.0 Å². The largest absolute Gasteiger partial charge is 0.493 e. The van der Waals surface area contributed by atoms with Gasteiger partial charge in [0.25, 0.3) is 10.0 Å². The van der Waals surface area contributed by atoms with Crippen molar-refractivity contribution in [3.8, 4) is 17.2 Å². The zero-order chi connectivity index (χ0) is 21.6. The first-order chi connectivity index (χ1) is 14.4. The van der Waals surface area contributed by atoms with Crippen LogP contribution >= 0.6 is 0 Å². The molecule has 3 rings (SSSR count). The molecule has 3 aromatic carbocycles. The summed E-state index contributed by atoms with van der Waals surface area (Å²) in [5.74, 6) is 0.922. The zero-order valence-electron chi connectivity index (χ0n) is 16.5. The number of anilines is 1. The van der Waals surface area contributed by atoms with Crippen molar-refractivity contribution in [2.45, 2.75) is 11.8 Å². The van der Waals surface area contributed by atoms with E-state index in [1.165, 1.54) is 43.5 Å². The molecule has 0 aliphatic heterocycles. The Labute approximate surface area is 175 Å². The molecular weight excluding hydrogens is 406 g/mol. The lowest BCUT2D eigenvalue weighted by atomic mass is 10.2. The molecule has 0 radical (unpaired) electrons. The lowest BCUT2D eigenvalue weighted by Gasteiger charge is -2.13. The van der Waals surface area contributed by atoms with E-state index in [1.54, 1.807) is 31.2 Å². The molecule has 0 spiro atoms. The van der Waals surface area contributed by atoms with Crippen molar-refractivity contribution < 1.29 is 27.4 Å². The fraction of sp³-hybridized carbons (Fsp3) is 0.136. The van der Waals surface area contributed by atoms with Crippen LogP contribution < -0.4 is 14.2 Å². The number of hydrogen-bond acceptors (Lipinski definition) is 6. The maximum Gasteiger partial charge on any atom is 0.340 e. The molecule has 0 saturated heterocycles. The quantitative estimate of drug-likeness (QED) is 0.534. The molecule has 0 unspecified atom stereocenters. The Morgan fingerprint density at radius 1 is 0.900 bits per heavy atom. The molecule has 0 aliphatic carbocycles. The van der Waals surface area contributed by atoms with Crippen LogP contribution in [0.2, 0.25) is 0 Å². The molecule has 0 saturated carbocycles. The number of nitrogens with one attached hydrogen (secondary N) is 1. The van der Waals surface area contributed by atoms with Gasteiger partial charge in [-0.25, -0.2) is 13.2 Å². The highest BCUT2D eigenvalue weighted by atomic mass is 32.2. The van der Waals surface area contributed by atoms with Crippen LogP contribution in [0, 0.1) is 0 Å². The van der Waals surface area contributed by atoms with Crippen LogP contribution in [-0.2, 0) is 14.8 Å². The third-order valence-corrected chi connectivity index (χ3v) is 5.48. The van der Waals surface area contributed by atoms with Gasteiger partial charge in [-0.15, -0.1) is 0 Å². The van der Waals surface area contributed by atoms with E-state index in [1.807, 2.05) is 12.1 Å². The Kier molecular flexibility index (Phi) is 6.58. The lowest BCUT2D eigenvalue weighted by molar-refractivity contribution is 0.0527. The van der Waals surface area contributed by atoms with Crippen molar-refractivity contribution in [3.63, 3.8) is 0 Å². The molecule has 3 aromatic rings. The second-order valence-electron chi connectivity index (χ2n) is 6.10. The Morgan fingerprint density at radius 2 is 1.53 bits per heavy atom. The van der Waals surface area contributed by atoms with E-state index in [0.717, 1.165) is 0 Å². The molecule has 7 nitrogen and oxygen atoms in total. The average molecular weight is 427 g/mol. The van der Waals surface area contributed by atoms with Crippen molar-refractivity contribution >= 4 is 21.7 Å². The second-order valence-corrected chi connectivity index (χ2v) is 7.78. The Balaban J connectivity index is 1.80. The van der Waals surface area contributed by atoms with Gasteiger partial charge in [0.1, 0.15) is 5.75 Å². The summed E-state index contributed by atoms with van der Waals surface area (Å²) in [5, 5.41) is 0. The fourth-order valence-electron chi connectivity index (χ4n) is 2.68. The number of carbonyl (C=O) groups is 1. The van der Waals surface area contributed by atoms with E-state index in [2.05, 4.69) is 4.72 Å². The van der Waals surface area contributed by atoms with Gasteiger partial charge in [0.2, 0.25) is 0 Å². The second kappa shape index (κ2) is 9.32. The number of rotatable bonds is 8. The zero-order valence-corrected chi connectivity index (χ0v) is 17.3. The van der Waals surface area contributed by atoms with Gasteiger partial charge in [-0.05, 0) is 55.5 Å². The normalized spacial score (nSPS) is 10.9. The van der Waals surface area contributed by atoms with Crippen LogP contribution in [0.5, 0.6) is 17.2 Å². The van der Waals surface area contributed by atoms with Crippen molar-refractivity contribution in [1.82, 2.24) is 0 Å². The Hall–Kier alpha value is -3.52. The monoisotopic (exact) mass is 427 g/mol. The number of methoxy groups -OCH3 is 1. The maximum atomic E-state index is 12.8. The van der Waals surface area contributed by atoms with E-state index >= 15 is 0 Å². The molecule has 0 fully saturated rings. The van der Waals surface area contributed by atoms with E-state index in [0.29, 0.717) is 17.2 Å². The summed E-state index contributed by atoms with van der Waals surface area (Å²) >= 11 is 0. The molecule has 0 bridgehead atoms. The molecule has 0 aromatic heterocycles. The van der Waals surface area contributed by atoms with Gasteiger partial charge in [-0.2, -0.15) is 0 Å². The molecule has 1 N–H and O–H groups in total. The van der Waals surface area contributed by atoms with Crippen molar-refractivity contribution in [2.24, 2.45) is 0 Å². The van der Waals surface area contributed by atoms with E-state index in [4.69, 9.17) is 14.2 Å². The van der Waals surface area contributed by atoms with Crippen LogP contribution in [0.25, 0.3) is 0 Å². The third kappa shape index (κ3) is 4.90. The highest BCUT2D eigenvalue weighted by Gasteiger charge is 2.19. The van der Waals surface area contributed by atoms with Crippen LogP contribution in [0.3, 0.4) is 0 Å². The van der Waals surface area contributed by atoms with Crippen molar-refractivity contribution in [1.29, 1.82) is 0 Å². The SMILES string of the molecule is CCOC(=O)c1ccccc1NS(=O)(=O)c1ccc(Oc2ccccc2OC)cc1. The topological polar surface area (TPSA) is 90.9 Å². The first-order valence-electron chi connectivity index (χ1n) is 9.14. The molecule has 0 aliphatic rings. The van der Waals surface area contributed by atoms with E-state index in [9.17, 15) is 13.2 Å². The molecule has 0 atom stereocenters. The van der Waals surface area contributed by atoms with Crippen LogP contribution in [0.1, 0.15) is 17.3 Å². The van der Waals surface area contributed by atoms with Crippen molar-refractivity contribution in [2.75, 3.05) is 18.4 Å². The summed E-state index contributed by atoms with van der Waals surface area (Å²) in [6, 6.07) is 19.3. The molecule has 0 heterocycles. The van der Waals surface area contributed by atoms with Gasteiger partial charge in [-0.1, -0.05) is 24.3 Å². The number of esters is 1. The standard InChI is InChI=1S/C22H21NO6S/c1-3-28-22(24)18-8-4-5-9-19(18)23-30(25,26)17-14-12-16(13-15-17)29-21-11-7-6-10-20(21)27-2/h4-15,23H,3H2,1-2H3. The fourth-order valence-corrected chi connectivity index (χ4v) is 3.76. The minimum absolute atomic E-state index is 0.0218. The molecular formula is C22H21NO6S. The smallest absolute Gasteiger partial charge is 0.340 e. The number of hydrogen-bond donors (Lipinski definition) is 1. The van der Waals surface area contributed by atoms with Gasteiger partial charge >= 0.3 is 5.97 Å². The first kappa shape index (κ1) is 21.2. The third-order valence-electron chi connectivity index (χ3n) is 4.10.